The predicted octanol–water partition coefficient (Wildman–Crippen LogP) is 4.31. The van der Waals surface area contributed by atoms with Gasteiger partial charge in [0.15, 0.2) is 5.75 Å². The number of fused-ring (bicyclic) bond motifs is 1. The number of aryl methyl sites for hydroxylation is 1. The highest BCUT2D eigenvalue weighted by atomic mass is 35.5. The summed E-state index contributed by atoms with van der Waals surface area (Å²) in [5, 5.41) is 8.34. The van der Waals surface area contributed by atoms with E-state index in [9.17, 15) is 4.79 Å². The molecule has 34 heavy (non-hydrogen) atoms. The number of H-pyrrole nitrogens is 1. The number of ether oxygens (including phenoxy) is 1. The van der Waals surface area contributed by atoms with Gasteiger partial charge in [-0.1, -0.05) is 41.4 Å². The third-order valence-electron chi connectivity index (χ3n) is 5.93. The zero-order valence-electron chi connectivity index (χ0n) is 18.8. The zero-order valence-corrected chi connectivity index (χ0v) is 19.5. The molecule has 0 spiro atoms. The molecule has 0 bridgehead atoms. The summed E-state index contributed by atoms with van der Waals surface area (Å²) in [6.07, 6.45) is 7.82. The van der Waals surface area contributed by atoms with Crippen LogP contribution in [-0.2, 0) is 6.54 Å². The standard InChI is InChI=1S/C24H26ClN7O2/c1-15-4-6-16(7-5-15)12-32-14-18(9-29-32)34-24(33)30-20-11-28-23-21(20)22(19(25)10-27-23)31-8-2-3-17(26)13-31/h4-7,9-11,14,17H,2-3,8,12-13,26H2,1H3,(H,27,28)(H,30,33)/t17-/m1/s1. The van der Waals surface area contributed by atoms with Crippen molar-refractivity contribution in [2.24, 2.45) is 5.73 Å². The third kappa shape index (κ3) is 4.71. The molecule has 3 aromatic heterocycles. The van der Waals surface area contributed by atoms with Crippen molar-refractivity contribution in [3.05, 3.63) is 65.2 Å². The Labute approximate surface area is 201 Å². The van der Waals surface area contributed by atoms with Gasteiger partial charge in [0.1, 0.15) is 5.65 Å². The molecule has 176 valence electrons. The lowest BCUT2D eigenvalue weighted by Gasteiger charge is -2.33. The number of nitrogens with zero attached hydrogens (tertiary/aromatic N) is 4. The first-order valence-electron chi connectivity index (χ1n) is 11.2. The van der Waals surface area contributed by atoms with Crippen LogP contribution in [0.1, 0.15) is 24.0 Å². The normalized spacial score (nSPS) is 16.1. The number of halogens is 1. The Hall–Kier alpha value is -3.56. The van der Waals surface area contributed by atoms with Gasteiger partial charge in [-0.25, -0.2) is 9.78 Å². The molecule has 1 atom stereocenters. The molecule has 0 radical (unpaired) electrons. The maximum Gasteiger partial charge on any atom is 0.417 e. The molecule has 0 aliphatic carbocycles. The maximum atomic E-state index is 12.7. The number of aromatic amines is 1. The summed E-state index contributed by atoms with van der Waals surface area (Å²) < 4.78 is 7.20. The fourth-order valence-electron chi connectivity index (χ4n) is 4.28. The topological polar surface area (TPSA) is 114 Å². The van der Waals surface area contributed by atoms with Crippen LogP contribution in [0.25, 0.3) is 11.0 Å². The van der Waals surface area contributed by atoms with E-state index in [-0.39, 0.29) is 6.04 Å². The number of nitrogens with two attached hydrogens (primary N) is 1. The zero-order chi connectivity index (χ0) is 23.7. The van der Waals surface area contributed by atoms with E-state index in [0.717, 1.165) is 36.0 Å². The van der Waals surface area contributed by atoms with E-state index in [1.54, 1.807) is 23.3 Å². The molecule has 0 unspecified atom stereocenters. The molecule has 1 fully saturated rings. The molecule has 5 rings (SSSR count). The van der Waals surface area contributed by atoms with Crippen molar-refractivity contribution in [3.8, 4) is 5.75 Å². The van der Waals surface area contributed by atoms with E-state index in [1.807, 2.05) is 19.1 Å². The Morgan fingerprint density at radius 3 is 2.94 bits per heavy atom. The van der Waals surface area contributed by atoms with Gasteiger partial charge < -0.3 is 20.4 Å². The Balaban J connectivity index is 1.32. The second-order valence-electron chi connectivity index (χ2n) is 8.60. The molecule has 4 aromatic rings. The molecule has 1 saturated heterocycles. The van der Waals surface area contributed by atoms with Gasteiger partial charge in [0, 0.05) is 25.3 Å². The van der Waals surface area contributed by atoms with Gasteiger partial charge in [-0.15, -0.1) is 0 Å². The summed E-state index contributed by atoms with van der Waals surface area (Å²) in [4.78, 5) is 22.3. The number of amides is 1. The average molecular weight is 480 g/mol. The smallest absolute Gasteiger partial charge is 0.407 e. The number of hydrogen-bond acceptors (Lipinski definition) is 6. The molecular formula is C24H26ClN7O2. The van der Waals surface area contributed by atoms with Crippen molar-refractivity contribution < 1.29 is 9.53 Å². The van der Waals surface area contributed by atoms with Crippen LogP contribution >= 0.6 is 11.6 Å². The van der Waals surface area contributed by atoms with Gasteiger partial charge in [-0.3, -0.25) is 10.00 Å². The van der Waals surface area contributed by atoms with Gasteiger partial charge in [0.25, 0.3) is 0 Å². The first kappa shape index (κ1) is 22.2. The van der Waals surface area contributed by atoms with Gasteiger partial charge in [0.05, 0.1) is 46.9 Å². The van der Waals surface area contributed by atoms with Crippen LogP contribution in [0.2, 0.25) is 5.02 Å². The minimum absolute atomic E-state index is 0.0739. The molecule has 9 nitrogen and oxygen atoms in total. The summed E-state index contributed by atoms with van der Waals surface area (Å²) >= 11 is 6.54. The fourth-order valence-corrected chi connectivity index (χ4v) is 4.55. The molecule has 0 saturated carbocycles. The summed E-state index contributed by atoms with van der Waals surface area (Å²) in [5.41, 5.74) is 10.5. The van der Waals surface area contributed by atoms with Gasteiger partial charge in [-0.05, 0) is 25.3 Å². The number of carbonyl (C=O) groups excluding carboxylic acids is 1. The largest absolute Gasteiger partial charge is 0.417 e. The number of piperidine rings is 1. The highest BCUT2D eigenvalue weighted by Crippen LogP contribution is 2.38. The van der Waals surface area contributed by atoms with E-state index < -0.39 is 6.09 Å². The average Bonchev–Trinajstić information content (AvgIpc) is 3.42. The number of anilines is 2. The molecule has 1 aliphatic heterocycles. The molecule has 4 N–H and O–H groups in total. The van der Waals surface area contributed by atoms with Crippen molar-refractivity contribution in [2.45, 2.75) is 32.4 Å². The van der Waals surface area contributed by atoms with E-state index >= 15 is 0 Å². The molecule has 1 amide bonds. The van der Waals surface area contributed by atoms with E-state index in [2.05, 4.69) is 37.4 Å². The number of carbonyl (C=O) groups is 1. The van der Waals surface area contributed by atoms with Gasteiger partial charge in [-0.2, -0.15) is 5.10 Å². The van der Waals surface area contributed by atoms with E-state index in [0.29, 0.717) is 35.2 Å². The van der Waals surface area contributed by atoms with Crippen LogP contribution in [0.4, 0.5) is 16.2 Å². The van der Waals surface area contributed by atoms with Crippen LogP contribution in [0.3, 0.4) is 0 Å². The summed E-state index contributed by atoms with van der Waals surface area (Å²) in [7, 11) is 0. The molecule has 1 aromatic carbocycles. The molecule has 1 aliphatic rings. The predicted molar refractivity (Wildman–Crippen MR) is 133 cm³/mol. The van der Waals surface area contributed by atoms with Crippen LogP contribution in [-0.4, -0.2) is 45.0 Å². The van der Waals surface area contributed by atoms with E-state index in [1.165, 1.54) is 11.8 Å². The fraction of sp³-hybridized carbons (Fsp3) is 0.292. The first-order chi connectivity index (χ1) is 16.5. The van der Waals surface area contributed by atoms with Crippen molar-refractivity contribution in [1.29, 1.82) is 0 Å². The Morgan fingerprint density at radius 2 is 2.15 bits per heavy atom. The quantitative estimate of drug-likeness (QED) is 0.393. The van der Waals surface area contributed by atoms with Crippen molar-refractivity contribution in [2.75, 3.05) is 23.3 Å². The van der Waals surface area contributed by atoms with Crippen molar-refractivity contribution >= 4 is 40.1 Å². The van der Waals surface area contributed by atoms with Crippen molar-refractivity contribution in [3.63, 3.8) is 0 Å². The number of benzene rings is 1. The van der Waals surface area contributed by atoms with Crippen LogP contribution in [0.15, 0.2) is 49.1 Å². The number of pyridine rings is 1. The van der Waals surface area contributed by atoms with E-state index in [4.69, 9.17) is 22.1 Å². The highest BCUT2D eigenvalue weighted by molar-refractivity contribution is 6.35. The van der Waals surface area contributed by atoms with Crippen LogP contribution in [0, 0.1) is 6.92 Å². The number of aromatic nitrogens is 4. The lowest BCUT2D eigenvalue weighted by molar-refractivity contribution is 0.215. The first-order valence-corrected chi connectivity index (χ1v) is 11.6. The second kappa shape index (κ2) is 9.36. The Bertz CT molecular complexity index is 1310. The Kier molecular flexibility index (Phi) is 6.12. The van der Waals surface area contributed by atoms with Crippen LogP contribution in [0.5, 0.6) is 5.75 Å². The highest BCUT2D eigenvalue weighted by Gasteiger charge is 2.24. The van der Waals surface area contributed by atoms with Gasteiger partial charge in [0.2, 0.25) is 0 Å². The Morgan fingerprint density at radius 1 is 1.32 bits per heavy atom. The monoisotopic (exact) mass is 479 g/mol. The summed E-state index contributed by atoms with van der Waals surface area (Å²) in [6.45, 7) is 4.15. The van der Waals surface area contributed by atoms with Gasteiger partial charge >= 0.3 is 6.09 Å². The summed E-state index contributed by atoms with van der Waals surface area (Å²) in [5.74, 6) is 0.350. The second-order valence-corrected chi connectivity index (χ2v) is 9.01. The molecule has 4 heterocycles. The maximum absolute atomic E-state index is 12.7. The number of nitrogens with one attached hydrogen (secondary N) is 2. The van der Waals surface area contributed by atoms with Crippen LogP contribution < -0.4 is 20.7 Å². The molecular weight excluding hydrogens is 454 g/mol. The molecule has 10 heteroatoms. The lowest BCUT2D eigenvalue weighted by atomic mass is 10.1. The third-order valence-corrected chi connectivity index (χ3v) is 6.20. The lowest BCUT2D eigenvalue weighted by Crippen LogP contribution is -2.43. The SMILES string of the molecule is Cc1ccc(Cn2cc(OC(=O)Nc3c[nH]c4ncc(Cl)c(N5CCC[C@@H](N)C5)c34)cn2)cc1. The van der Waals surface area contributed by atoms with Crippen molar-refractivity contribution in [1.82, 2.24) is 19.7 Å². The number of rotatable bonds is 5. The number of hydrogen-bond donors (Lipinski definition) is 3. The minimum atomic E-state index is -0.628. The minimum Gasteiger partial charge on any atom is -0.407 e. The summed E-state index contributed by atoms with van der Waals surface area (Å²) in [6, 6.07) is 8.28.